The molecular formula is C42H66O11. The van der Waals surface area contributed by atoms with Crippen LogP contribution in [0.1, 0.15) is 119 Å². The molecule has 6 N–H and O–H groups in total. The van der Waals surface area contributed by atoms with Crippen LogP contribution < -0.4 is 0 Å². The molecule has 7 aliphatic rings. The van der Waals surface area contributed by atoms with Gasteiger partial charge in [0.05, 0.1) is 30.3 Å². The van der Waals surface area contributed by atoms with Crippen molar-refractivity contribution in [3.8, 4) is 0 Å². The van der Waals surface area contributed by atoms with E-state index in [1.165, 1.54) is 5.57 Å². The molecule has 1 saturated heterocycles. The van der Waals surface area contributed by atoms with Gasteiger partial charge in [-0.05, 0) is 115 Å². The molecule has 53 heavy (non-hydrogen) atoms. The van der Waals surface area contributed by atoms with Gasteiger partial charge in [0.1, 0.15) is 18.3 Å². The Kier molecular flexibility index (Phi) is 10.00. The number of aliphatic carboxylic acids is 1. The zero-order valence-electron chi connectivity index (χ0n) is 32.9. The zero-order valence-corrected chi connectivity index (χ0v) is 32.9. The Hall–Kier alpha value is -1.44. The number of carboxylic acid groups (broad SMARTS) is 1. The number of aliphatic hydroxyl groups excluding tert-OH is 5. The molecule has 16 atom stereocenters. The molecule has 11 heteroatoms. The average Bonchev–Trinajstić information content (AvgIpc) is 3.08. The fourth-order valence-electron chi connectivity index (χ4n) is 13.7. The summed E-state index contributed by atoms with van der Waals surface area (Å²) in [4.78, 5) is 26.4. The van der Waals surface area contributed by atoms with Crippen molar-refractivity contribution in [2.24, 2.45) is 56.2 Å². The summed E-state index contributed by atoms with van der Waals surface area (Å²) in [6.45, 7) is 15.9. The van der Waals surface area contributed by atoms with E-state index in [0.717, 1.165) is 64.2 Å². The molecule has 0 radical (unpaired) electrons. The molecule has 0 spiro atoms. The summed E-state index contributed by atoms with van der Waals surface area (Å²) in [6.07, 6.45) is 1.61. The van der Waals surface area contributed by atoms with Crippen LogP contribution >= 0.6 is 0 Å². The largest absolute Gasteiger partial charge is 0.481 e. The zero-order chi connectivity index (χ0) is 38.7. The Morgan fingerprint density at radius 2 is 1.57 bits per heavy atom. The van der Waals surface area contributed by atoms with Crippen molar-refractivity contribution in [1.29, 1.82) is 0 Å². The van der Waals surface area contributed by atoms with Crippen LogP contribution in [0, 0.1) is 56.2 Å². The number of carboxylic acids is 1. The second-order valence-electron chi connectivity index (χ2n) is 20.5. The topological polar surface area (TPSA) is 183 Å². The van der Waals surface area contributed by atoms with E-state index in [1.54, 1.807) is 0 Å². The SMILES string of the molecule is CC1(C)CC[C@]2(C(=O)O)CC[C@]3(C)C(=CC[C@@H]4[C@@]5(C)CC[C@H](O[C@@H]6OC[C@@H](O)C(=O)[C@H]6O[C@@H]6C[C@H](CO)[C@@H](O)[C@H](O)[C@H]6O)C(C)(C)[C@@H]5CC[C@]43C)[C@@H]2C1. The first-order valence-corrected chi connectivity index (χ1v) is 20.4. The first-order chi connectivity index (χ1) is 24.7. The number of rotatable bonds is 6. The van der Waals surface area contributed by atoms with Gasteiger partial charge in [-0.2, -0.15) is 0 Å². The van der Waals surface area contributed by atoms with E-state index in [-0.39, 0.29) is 52.1 Å². The molecule has 1 aliphatic heterocycles. The molecule has 300 valence electrons. The summed E-state index contributed by atoms with van der Waals surface area (Å²) in [5.41, 5.74) is 0.464. The summed E-state index contributed by atoms with van der Waals surface area (Å²) < 4.78 is 18.8. The van der Waals surface area contributed by atoms with Gasteiger partial charge in [-0.1, -0.05) is 60.1 Å². The number of ketones is 1. The van der Waals surface area contributed by atoms with E-state index in [4.69, 9.17) is 14.2 Å². The van der Waals surface area contributed by atoms with Crippen molar-refractivity contribution in [2.75, 3.05) is 13.2 Å². The van der Waals surface area contributed by atoms with E-state index in [9.17, 15) is 40.2 Å². The van der Waals surface area contributed by atoms with Gasteiger partial charge in [0.15, 0.2) is 18.2 Å². The van der Waals surface area contributed by atoms with Crippen molar-refractivity contribution in [2.45, 2.75) is 168 Å². The minimum absolute atomic E-state index is 0.00285. The van der Waals surface area contributed by atoms with E-state index in [0.29, 0.717) is 11.8 Å². The van der Waals surface area contributed by atoms with Crippen molar-refractivity contribution in [1.82, 2.24) is 0 Å². The van der Waals surface area contributed by atoms with Crippen LogP contribution in [0.5, 0.6) is 0 Å². The van der Waals surface area contributed by atoms with Crippen molar-refractivity contribution < 1.29 is 54.4 Å². The van der Waals surface area contributed by atoms with Crippen molar-refractivity contribution in [3.05, 3.63) is 11.6 Å². The smallest absolute Gasteiger partial charge is 0.310 e. The highest BCUT2D eigenvalue weighted by Gasteiger charge is 2.69. The lowest BCUT2D eigenvalue weighted by molar-refractivity contribution is -0.296. The van der Waals surface area contributed by atoms with Gasteiger partial charge in [-0.3, -0.25) is 9.59 Å². The Labute approximate surface area is 314 Å². The predicted octanol–water partition coefficient (Wildman–Crippen LogP) is 4.39. The Morgan fingerprint density at radius 1 is 0.868 bits per heavy atom. The maximum atomic E-state index is 13.4. The van der Waals surface area contributed by atoms with Gasteiger partial charge < -0.3 is 44.8 Å². The number of ether oxygens (including phenoxy) is 3. The summed E-state index contributed by atoms with van der Waals surface area (Å²) in [6, 6.07) is 0. The van der Waals surface area contributed by atoms with E-state index in [1.807, 2.05) is 0 Å². The summed E-state index contributed by atoms with van der Waals surface area (Å²) in [7, 11) is 0. The van der Waals surface area contributed by atoms with E-state index >= 15 is 0 Å². The van der Waals surface area contributed by atoms with Crippen LogP contribution in [0.15, 0.2) is 11.6 Å². The number of carbonyl (C=O) groups excluding carboxylic acids is 1. The van der Waals surface area contributed by atoms with Gasteiger partial charge in [-0.15, -0.1) is 0 Å². The number of fused-ring (bicyclic) bond motifs is 7. The molecule has 0 unspecified atom stereocenters. The van der Waals surface area contributed by atoms with Gasteiger partial charge in [-0.25, -0.2) is 0 Å². The molecule has 5 saturated carbocycles. The molecule has 7 rings (SSSR count). The standard InChI is InChI=1S/C42H66O11/c1-37(2)14-16-42(36(49)50)17-15-40(6)23(24(42)19-37)8-9-28-39(5)12-11-29(38(3,4)27(39)10-13-41(28,40)7)53-35-34(31(46)25(44)21-51-35)52-26-18-22(20-43)30(45)33(48)32(26)47/h8,22,24-30,32-35,43-45,47-48H,9-21H2,1-7H3,(H,49,50)/t22-,24+,25-,26-,27+,28-,29+,30-,32+,33+,34-,35+,39+,40-,41-,42+/m1/s1. The van der Waals surface area contributed by atoms with Crippen molar-refractivity contribution >= 4 is 11.8 Å². The second-order valence-corrected chi connectivity index (χ2v) is 20.5. The molecule has 0 aromatic rings. The fraction of sp³-hybridized carbons (Fsp3) is 0.905. The van der Waals surface area contributed by atoms with E-state index in [2.05, 4.69) is 54.5 Å². The Balaban J connectivity index is 1.13. The van der Waals surface area contributed by atoms with Crippen molar-refractivity contribution in [3.63, 3.8) is 0 Å². The maximum absolute atomic E-state index is 13.4. The normalized spacial score (nSPS) is 51.9. The molecular weight excluding hydrogens is 680 g/mol. The molecule has 6 aliphatic carbocycles. The lowest BCUT2D eigenvalue weighted by atomic mass is 9.33. The average molecular weight is 747 g/mol. The Bertz CT molecular complexity index is 1470. The molecule has 0 aromatic carbocycles. The van der Waals surface area contributed by atoms with Crippen LogP contribution in [-0.4, -0.2) is 105 Å². The summed E-state index contributed by atoms with van der Waals surface area (Å²) in [5.74, 6) is -1.23. The van der Waals surface area contributed by atoms with Crippen LogP contribution in [0.3, 0.4) is 0 Å². The molecule has 0 bridgehead atoms. The third-order valence-electron chi connectivity index (χ3n) is 17.2. The molecule has 6 fully saturated rings. The van der Waals surface area contributed by atoms with E-state index < -0.39 is 72.6 Å². The first kappa shape index (κ1) is 39.8. The minimum atomic E-state index is -1.57. The number of carbonyl (C=O) groups is 2. The molecule has 0 aromatic heterocycles. The second kappa shape index (κ2) is 13.3. The van der Waals surface area contributed by atoms with Gasteiger partial charge in [0.2, 0.25) is 0 Å². The summed E-state index contributed by atoms with van der Waals surface area (Å²) >= 11 is 0. The van der Waals surface area contributed by atoms with Gasteiger partial charge in [0, 0.05) is 12.5 Å². The maximum Gasteiger partial charge on any atom is 0.310 e. The number of aliphatic hydroxyl groups is 5. The molecule has 1 heterocycles. The minimum Gasteiger partial charge on any atom is -0.481 e. The highest BCUT2D eigenvalue weighted by Crippen LogP contribution is 2.76. The quantitative estimate of drug-likeness (QED) is 0.168. The third-order valence-corrected chi connectivity index (χ3v) is 17.2. The summed E-state index contributed by atoms with van der Waals surface area (Å²) in [5, 5.41) is 62.5. The van der Waals surface area contributed by atoms with Gasteiger partial charge in [0.25, 0.3) is 0 Å². The highest BCUT2D eigenvalue weighted by atomic mass is 16.7. The van der Waals surface area contributed by atoms with Crippen LogP contribution in [0.2, 0.25) is 0 Å². The van der Waals surface area contributed by atoms with Gasteiger partial charge >= 0.3 is 5.97 Å². The Morgan fingerprint density at radius 3 is 2.25 bits per heavy atom. The third kappa shape index (κ3) is 5.87. The molecule has 11 nitrogen and oxygen atoms in total. The molecule has 0 amide bonds. The van der Waals surface area contributed by atoms with Crippen LogP contribution in [0.4, 0.5) is 0 Å². The first-order valence-electron chi connectivity index (χ1n) is 20.4. The number of allylic oxidation sites excluding steroid dienone is 2. The van der Waals surface area contributed by atoms with Crippen LogP contribution in [0.25, 0.3) is 0 Å². The van der Waals surface area contributed by atoms with Crippen LogP contribution in [-0.2, 0) is 23.8 Å². The highest BCUT2D eigenvalue weighted by molar-refractivity contribution is 5.88. The number of hydrogen-bond donors (Lipinski definition) is 6. The lowest BCUT2D eigenvalue weighted by Crippen LogP contribution is -2.65. The lowest BCUT2D eigenvalue weighted by Gasteiger charge is -2.71. The predicted molar refractivity (Wildman–Crippen MR) is 194 cm³/mol. The number of Topliss-reactive ketones (excluding diaryl/α,β-unsaturated/α-hetero) is 1. The monoisotopic (exact) mass is 746 g/mol. The number of hydrogen-bond acceptors (Lipinski definition) is 10. The fourth-order valence-corrected chi connectivity index (χ4v) is 13.7.